The topological polar surface area (TPSA) is 68.0 Å². The largest absolute Gasteiger partial charge is 0.477 e. The lowest BCUT2D eigenvalue weighted by Crippen LogP contribution is -2.03. The molecule has 3 heterocycles. The van der Waals surface area contributed by atoms with E-state index in [1.165, 1.54) is 0 Å². The van der Waals surface area contributed by atoms with Crippen molar-refractivity contribution >= 4 is 27.9 Å². The van der Waals surface area contributed by atoms with Gasteiger partial charge in [-0.3, -0.25) is 0 Å². The summed E-state index contributed by atoms with van der Waals surface area (Å²) in [5.74, 6) is -1.04. The first-order valence-corrected chi connectivity index (χ1v) is 7.61. The molecule has 0 aliphatic heterocycles. The van der Waals surface area contributed by atoms with Crippen molar-refractivity contribution in [3.05, 3.63) is 59.9 Å². The summed E-state index contributed by atoms with van der Waals surface area (Å²) >= 11 is 0. The molecular formula is C19H15N3O2. The summed E-state index contributed by atoms with van der Waals surface area (Å²) in [6, 6.07) is 13.3. The van der Waals surface area contributed by atoms with Gasteiger partial charge in [0.05, 0.1) is 11.2 Å². The Morgan fingerprint density at radius 3 is 2.58 bits per heavy atom. The van der Waals surface area contributed by atoms with E-state index in [9.17, 15) is 9.90 Å². The molecule has 1 N–H and O–H groups in total. The molecule has 24 heavy (non-hydrogen) atoms. The van der Waals surface area contributed by atoms with E-state index in [0.29, 0.717) is 5.69 Å². The van der Waals surface area contributed by atoms with Gasteiger partial charge in [0.1, 0.15) is 11.3 Å². The summed E-state index contributed by atoms with van der Waals surface area (Å²) in [5.41, 5.74) is 4.31. The van der Waals surface area contributed by atoms with Crippen LogP contribution in [-0.4, -0.2) is 25.6 Å². The molecule has 0 radical (unpaired) electrons. The van der Waals surface area contributed by atoms with Crippen molar-refractivity contribution in [2.45, 2.75) is 6.92 Å². The molecule has 0 saturated carbocycles. The van der Waals surface area contributed by atoms with Crippen LogP contribution < -0.4 is 0 Å². The number of carbonyl (C=O) groups is 1. The van der Waals surface area contributed by atoms with Gasteiger partial charge in [0.2, 0.25) is 0 Å². The summed E-state index contributed by atoms with van der Waals surface area (Å²) < 4.78 is 1.98. The van der Waals surface area contributed by atoms with Crippen LogP contribution in [0.5, 0.6) is 0 Å². The van der Waals surface area contributed by atoms with Crippen molar-refractivity contribution in [2.24, 2.45) is 7.05 Å². The number of rotatable bonds is 2. The van der Waals surface area contributed by atoms with Crippen molar-refractivity contribution in [1.29, 1.82) is 0 Å². The second kappa shape index (κ2) is 5.16. The lowest BCUT2D eigenvalue weighted by Gasteiger charge is -2.07. The highest BCUT2D eigenvalue weighted by Gasteiger charge is 2.19. The summed E-state index contributed by atoms with van der Waals surface area (Å²) in [5, 5.41) is 11.3. The molecule has 5 nitrogen and oxygen atoms in total. The normalized spacial score (nSPS) is 11.2. The fourth-order valence-corrected chi connectivity index (χ4v) is 3.12. The van der Waals surface area contributed by atoms with E-state index in [-0.39, 0.29) is 5.69 Å². The van der Waals surface area contributed by atoms with Gasteiger partial charge in [0, 0.05) is 29.6 Å². The number of fused-ring (bicyclic) bond motifs is 3. The van der Waals surface area contributed by atoms with Gasteiger partial charge in [-0.05, 0) is 24.6 Å². The van der Waals surface area contributed by atoms with Crippen LogP contribution in [0.2, 0.25) is 0 Å². The Labute approximate surface area is 138 Å². The highest BCUT2D eigenvalue weighted by molar-refractivity contribution is 6.12. The molecule has 5 heteroatoms. The van der Waals surface area contributed by atoms with E-state index in [4.69, 9.17) is 0 Å². The first-order chi connectivity index (χ1) is 11.6. The van der Waals surface area contributed by atoms with E-state index in [1.54, 1.807) is 6.07 Å². The fraction of sp³-hybridized carbons (Fsp3) is 0.105. The Kier molecular flexibility index (Phi) is 3.09. The van der Waals surface area contributed by atoms with Gasteiger partial charge in [0.15, 0.2) is 0 Å². The van der Waals surface area contributed by atoms with Crippen LogP contribution in [0, 0.1) is 6.92 Å². The van der Waals surface area contributed by atoms with Gasteiger partial charge < -0.3 is 9.67 Å². The van der Waals surface area contributed by atoms with E-state index in [0.717, 1.165) is 33.1 Å². The Hall–Kier alpha value is -3.21. The molecule has 1 aromatic carbocycles. The molecule has 0 amide bonds. The number of carboxylic acids is 1. The summed E-state index contributed by atoms with van der Waals surface area (Å²) in [6.07, 6.45) is 1.81. The van der Waals surface area contributed by atoms with Crippen molar-refractivity contribution in [3.63, 3.8) is 0 Å². The van der Waals surface area contributed by atoms with Crippen LogP contribution in [0.15, 0.2) is 48.7 Å². The average molecular weight is 317 g/mol. The third-order valence-corrected chi connectivity index (χ3v) is 4.21. The molecule has 0 aliphatic carbocycles. The zero-order valence-corrected chi connectivity index (χ0v) is 13.3. The third kappa shape index (κ3) is 2.06. The first kappa shape index (κ1) is 14.4. The molecule has 0 aliphatic rings. The maximum absolute atomic E-state index is 11.6. The predicted octanol–water partition coefficient (Wildman–Crippen LogP) is 3.80. The van der Waals surface area contributed by atoms with Gasteiger partial charge in [0.25, 0.3) is 0 Å². The van der Waals surface area contributed by atoms with Crippen molar-refractivity contribution < 1.29 is 9.90 Å². The summed E-state index contributed by atoms with van der Waals surface area (Å²) in [6.45, 7) is 1.97. The van der Waals surface area contributed by atoms with Crippen LogP contribution in [0.3, 0.4) is 0 Å². The molecule has 0 saturated heterocycles. The standard InChI is InChI=1S/C19H15N3O2/c1-11-8-14-13-9-15(19(23)24)21-16(12-6-4-3-5-7-12)17(13)22(2)18(14)20-10-11/h3-10H,1-2H3,(H,23,24). The zero-order valence-electron chi connectivity index (χ0n) is 13.3. The lowest BCUT2D eigenvalue weighted by atomic mass is 10.1. The number of aromatic nitrogens is 3. The van der Waals surface area contributed by atoms with Gasteiger partial charge in [-0.25, -0.2) is 14.8 Å². The Balaban J connectivity index is 2.22. The van der Waals surface area contributed by atoms with Crippen molar-refractivity contribution in [3.8, 4) is 11.3 Å². The number of hydrogen-bond acceptors (Lipinski definition) is 3. The quantitative estimate of drug-likeness (QED) is 0.610. The molecule has 4 aromatic rings. The van der Waals surface area contributed by atoms with Gasteiger partial charge in [-0.15, -0.1) is 0 Å². The van der Waals surface area contributed by atoms with Crippen LogP contribution >= 0.6 is 0 Å². The number of aromatic carboxylic acids is 1. The average Bonchev–Trinajstić information content (AvgIpc) is 2.87. The van der Waals surface area contributed by atoms with Crippen LogP contribution in [0.25, 0.3) is 33.2 Å². The summed E-state index contributed by atoms with van der Waals surface area (Å²) in [4.78, 5) is 20.5. The van der Waals surface area contributed by atoms with Gasteiger partial charge >= 0.3 is 5.97 Å². The molecule has 0 fully saturated rings. The van der Waals surface area contributed by atoms with Crippen molar-refractivity contribution in [1.82, 2.24) is 14.5 Å². The number of nitrogens with zero attached hydrogens (tertiary/aromatic N) is 3. The second-order valence-electron chi connectivity index (χ2n) is 5.87. The maximum Gasteiger partial charge on any atom is 0.354 e. The number of benzene rings is 1. The molecular weight excluding hydrogens is 302 g/mol. The van der Waals surface area contributed by atoms with Crippen molar-refractivity contribution in [2.75, 3.05) is 0 Å². The Morgan fingerprint density at radius 1 is 1.12 bits per heavy atom. The fourth-order valence-electron chi connectivity index (χ4n) is 3.12. The predicted molar refractivity (Wildman–Crippen MR) is 93.1 cm³/mol. The van der Waals surface area contributed by atoms with Crippen LogP contribution in [0.1, 0.15) is 16.1 Å². The molecule has 4 rings (SSSR count). The number of hydrogen-bond donors (Lipinski definition) is 1. The Bertz CT molecular complexity index is 1100. The van der Waals surface area contributed by atoms with E-state index in [1.807, 2.05) is 61.1 Å². The SMILES string of the molecule is Cc1cnc2c(c1)c1cc(C(=O)O)nc(-c3ccccc3)c1n2C. The minimum absolute atomic E-state index is 0.0374. The van der Waals surface area contributed by atoms with Gasteiger partial charge in [-0.2, -0.15) is 0 Å². The van der Waals surface area contributed by atoms with Gasteiger partial charge in [-0.1, -0.05) is 30.3 Å². The number of pyridine rings is 2. The first-order valence-electron chi connectivity index (χ1n) is 7.61. The minimum Gasteiger partial charge on any atom is -0.477 e. The highest BCUT2D eigenvalue weighted by atomic mass is 16.4. The second-order valence-corrected chi connectivity index (χ2v) is 5.87. The molecule has 3 aromatic heterocycles. The third-order valence-electron chi connectivity index (χ3n) is 4.21. The van der Waals surface area contributed by atoms with E-state index >= 15 is 0 Å². The van der Waals surface area contributed by atoms with E-state index < -0.39 is 5.97 Å². The summed E-state index contributed by atoms with van der Waals surface area (Å²) in [7, 11) is 1.93. The smallest absolute Gasteiger partial charge is 0.354 e. The molecule has 0 atom stereocenters. The van der Waals surface area contributed by atoms with Crippen LogP contribution in [-0.2, 0) is 7.05 Å². The lowest BCUT2D eigenvalue weighted by molar-refractivity contribution is 0.0691. The zero-order chi connectivity index (χ0) is 16.8. The maximum atomic E-state index is 11.6. The minimum atomic E-state index is -1.04. The molecule has 0 spiro atoms. The molecule has 118 valence electrons. The molecule has 0 unspecified atom stereocenters. The highest BCUT2D eigenvalue weighted by Crippen LogP contribution is 2.34. The van der Waals surface area contributed by atoms with E-state index in [2.05, 4.69) is 9.97 Å². The monoisotopic (exact) mass is 317 g/mol. The van der Waals surface area contributed by atoms with Crippen LogP contribution in [0.4, 0.5) is 0 Å². The number of aryl methyl sites for hydroxylation is 2. The Morgan fingerprint density at radius 2 is 1.88 bits per heavy atom. The number of carboxylic acid groups (broad SMARTS) is 1. The molecule has 0 bridgehead atoms.